The van der Waals surface area contributed by atoms with Gasteiger partial charge in [0, 0.05) is 24.6 Å². The van der Waals surface area contributed by atoms with E-state index in [0.717, 1.165) is 5.56 Å². The highest BCUT2D eigenvalue weighted by Gasteiger charge is 2.22. The van der Waals surface area contributed by atoms with Crippen molar-refractivity contribution in [3.63, 3.8) is 0 Å². The van der Waals surface area contributed by atoms with Crippen LogP contribution in [0.25, 0.3) is 0 Å². The van der Waals surface area contributed by atoms with Gasteiger partial charge >= 0.3 is 5.97 Å². The molecule has 0 saturated heterocycles. The molecule has 7 nitrogen and oxygen atoms in total. The Kier molecular flexibility index (Phi) is 6.67. The van der Waals surface area contributed by atoms with Crippen molar-refractivity contribution in [3.8, 4) is 6.07 Å². The molecule has 0 heterocycles. The highest BCUT2D eigenvalue weighted by molar-refractivity contribution is 5.97. The monoisotopic (exact) mass is 365 g/mol. The van der Waals surface area contributed by atoms with Gasteiger partial charge in [0.1, 0.15) is 6.04 Å². The van der Waals surface area contributed by atoms with Crippen molar-refractivity contribution < 1.29 is 19.1 Å². The molecule has 0 saturated carbocycles. The number of amides is 2. The van der Waals surface area contributed by atoms with Crippen LogP contribution < -0.4 is 10.6 Å². The average Bonchev–Trinajstić information content (AvgIpc) is 2.67. The summed E-state index contributed by atoms with van der Waals surface area (Å²) < 4.78 is 4.78. The van der Waals surface area contributed by atoms with Gasteiger partial charge in [0.15, 0.2) is 0 Å². The van der Waals surface area contributed by atoms with Crippen LogP contribution in [0, 0.1) is 11.3 Å². The quantitative estimate of drug-likeness (QED) is 0.762. The fraction of sp³-hybridized carbons (Fsp3) is 0.200. The zero-order chi connectivity index (χ0) is 19.8. The van der Waals surface area contributed by atoms with Crippen LogP contribution in [0.5, 0.6) is 0 Å². The number of methoxy groups -OCH3 is 1. The maximum Gasteiger partial charge on any atom is 0.328 e. The van der Waals surface area contributed by atoms with Crippen molar-refractivity contribution in [2.45, 2.75) is 19.4 Å². The van der Waals surface area contributed by atoms with E-state index in [-0.39, 0.29) is 12.3 Å². The predicted octanol–water partition coefficient (Wildman–Crippen LogP) is 2.03. The van der Waals surface area contributed by atoms with E-state index in [1.807, 2.05) is 6.07 Å². The number of nitriles is 1. The second kappa shape index (κ2) is 9.15. The standard InChI is InChI=1S/C20H19N3O4/c1-13(24)22-17-9-7-16(8-10-17)19(25)23-18(20(26)27-2)11-14-3-5-15(12-21)6-4-14/h3-10,18H,11H2,1-2H3,(H,22,24)(H,23,25)/t18-/m0/s1. The molecule has 0 aliphatic heterocycles. The minimum absolute atomic E-state index is 0.208. The molecule has 0 unspecified atom stereocenters. The van der Waals surface area contributed by atoms with Gasteiger partial charge in [-0.3, -0.25) is 9.59 Å². The molecular weight excluding hydrogens is 346 g/mol. The lowest BCUT2D eigenvalue weighted by molar-refractivity contribution is -0.142. The van der Waals surface area contributed by atoms with Crippen LogP contribution in [0.3, 0.4) is 0 Å². The Morgan fingerprint density at radius 3 is 2.22 bits per heavy atom. The predicted molar refractivity (Wildman–Crippen MR) is 98.9 cm³/mol. The SMILES string of the molecule is COC(=O)[C@H](Cc1ccc(C#N)cc1)NC(=O)c1ccc(NC(C)=O)cc1. The summed E-state index contributed by atoms with van der Waals surface area (Å²) in [5.41, 5.74) is 2.21. The molecule has 0 aliphatic rings. The van der Waals surface area contributed by atoms with E-state index in [9.17, 15) is 14.4 Å². The summed E-state index contributed by atoms with van der Waals surface area (Å²) in [5, 5.41) is 14.1. The molecule has 0 fully saturated rings. The Hall–Kier alpha value is -3.66. The number of benzene rings is 2. The van der Waals surface area contributed by atoms with Gasteiger partial charge in [0.25, 0.3) is 5.91 Å². The maximum absolute atomic E-state index is 12.5. The van der Waals surface area contributed by atoms with Crippen LogP contribution in [-0.4, -0.2) is 30.9 Å². The summed E-state index contributed by atoms with van der Waals surface area (Å²) in [4.78, 5) is 35.5. The van der Waals surface area contributed by atoms with Crippen LogP contribution in [0.4, 0.5) is 5.69 Å². The summed E-state index contributed by atoms with van der Waals surface area (Å²) in [7, 11) is 1.25. The molecule has 7 heteroatoms. The lowest BCUT2D eigenvalue weighted by Crippen LogP contribution is -2.43. The van der Waals surface area contributed by atoms with Gasteiger partial charge in [-0.05, 0) is 42.0 Å². The molecule has 2 aromatic rings. The van der Waals surface area contributed by atoms with E-state index < -0.39 is 17.9 Å². The van der Waals surface area contributed by atoms with E-state index in [1.165, 1.54) is 14.0 Å². The Morgan fingerprint density at radius 2 is 1.70 bits per heavy atom. The van der Waals surface area contributed by atoms with Crippen molar-refractivity contribution in [2.24, 2.45) is 0 Å². The first-order valence-corrected chi connectivity index (χ1v) is 8.18. The van der Waals surface area contributed by atoms with E-state index in [2.05, 4.69) is 10.6 Å². The van der Waals surface area contributed by atoms with Crippen LogP contribution >= 0.6 is 0 Å². The molecule has 138 valence electrons. The van der Waals surface area contributed by atoms with E-state index in [1.54, 1.807) is 48.5 Å². The average molecular weight is 365 g/mol. The van der Waals surface area contributed by atoms with Crippen LogP contribution in [0.1, 0.15) is 28.4 Å². The number of carbonyl (C=O) groups excluding carboxylic acids is 3. The molecular formula is C20H19N3O4. The van der Waals surface area contributed by atoms with Crippen molar-refractivity contribution >= 4 is 23.5 Å². The number of hydrogen-bond acceptors (Lipinski definition) is 5. The molecule has 2 N–H and O–H groups in total. The zero-order valence-corrected chi connectivity index (χ0v) is 15.0. The second-order valence-electron chi connectivity index (χ2n) is 5.82. The molecule has 0 bridgehead atoms. The number of nitrogens with zero attached hydrogens (tertiary/aromatic N) is 1. The first-order chi connectivity index (χ1) is 12.9. The number of carbonyl (C=O) groups is 3. The third-order valence-electron chi connectivity index (χ3n) is 3.78. The van der Waals surface area contributed by atoms with Crippen molar-refractivity contribution in [1.29, 1.82) is 5.26 Å². The molecule has 1 atom stereocenters. The molecule has 2 aromatic carbocycles. The molecule has 27 heavy (non-hydrogen) atoms. The van der Waals surface area contributed by atoms with Gasteiger partial charge in [-0.2, -0.15) is 5.26 Å². The van der Waals surface area contributed by atoms with Gasteiger partial charge in [0.2, 0.25) is 5.91 Å². The summed E-state index contributed by atoms with van der Waals surface area (Å²) in [5.74, 6) is -1.21. The number of anilines is 1. The zero-order valence-electron chi connectivity index (χ0n) is 15.0. The van der Waals surface area contributed by atoms with Gasteiger partial charge in [-0.1, -0.05) is 12.1 Å². The summed E-state index contributed by atoms with van der Waals surface area (Å²) in [6.45, 7) is 1.39. The third-order valence-corrected chi connectivity index (χ3v) is 3.78. The Labute approximate surface area is 156 Å². The van der Waals surface area contributed by atoms with E-state index >= 15 is 0 Å². The molecule has 2 rings (SSSR count). The van der Waals surface area contributed by atoms with Crippen LogP contribution in [-0.2, 0) is 20.7 Å². The summed E-state index contributed by atoms with van der Waals surface area (Å²) in [6.07, 6.45) is 0.230. The second-order valence-corrected chi connectivity index (χ2v) is 5.82. The summed E-state index contributed by atoms with van der Waals surface area (Å²) >= 11 is 0. The Morgan fingerprint density at radius 1 is 1.07 bits per heavy atom. The lowest BCUT2D eigenvalue weighted by Gasteiger charge is -2.17. The number of ether oxygens (including phenoxy) is 1. The molecule has 0 aromatic heterocycles. The number of rotatable bonds is 6. The van der Waals surface area contributed by atoms with Crippen molar-refractivity contribution in [3.05, 3.63) is 65.2 Å². The number of esters is 1. The highest BCUT2D eigenvalue weighted by Crippen LogP contribution is 2.11. The third kappa shape index (κ3) is 5.68. The fourth-order valence-corrected chi connectivity index (χ4v) is 2.44. The minimum atomic E-state index is -0.870. The Bertz CT molecular complexity index is 868. The smallest absolute Gasteiger partial charge is 0.328 e. The van der Waals surface area contributed by atoms with Gasteiger partial charge in [-0.25, -0.2) is 4.79 Å². The normalized spacial score (nSPS) is 11.0. The number of nitrogens with one attached hydrogen (secondary N) is 2. The largest absolute Gasteiger partial charge is 0.467 e. The van der Waals surface area contributed by atoms with E-state index in [0.29, 0.717) is 16.8 Å². The highest BCUT2D eigenvalue weighted by atomic mass is 16.5. The minimum Gasteiger partial charge on any atom is -0.467 e. The van der Waals surface area contributed by atoms with E-state index in [4.69, 9.17) is 10.00 Å². The van der Waals surface area contributed by atoms with Crippen molar-refractivity contribution in [2.75, 3.05) is 12.4 Å². The van der Waals surface area contributed by atoms with Crippen molar-refractivity contribution in [1.82, 2.24) is 5.32 Å². The van der Waals surface area contributed by atoms with Gasteiger partial charge < -0.3 is 15.4 Å². The fourth-order valence-electron chi connectivity index (χ4n) is 2.44. The molecule has 0 spiro atoms. The lowest BCUT2D eigenvalue weighted by atomic mass is 10.0. The summed E-state index contributed by atoms with van der Waals surface area (Å²) in [6, 6.07) is 14.2. The maximum atomic E-state index is 12.5. The van der Waals surface area contributed by atoms with Gasteiger partial charge in [-0.15, -0.1) is 0 Å². The molecule has 2 amide bonds. The first-order valence-electron chi connectivity index (χ1n) is 8.18. The topological polar surface area (TPSA) is 108 Å². The van der Waals surface area contributed by atoms with Crippen LogP contribution in [0.2, 0.25) is 0 Å². The molecule has 0 aliphatic carbocycles. The Balaban J connectivity index is 2.10. The van der Waals surface area contributed by atoms with Crippen LogP contribution in [0.15, 0.2) is 48.5 Å². The first kappa shape index (κ1) is 19.7. The van der Waals surface area contributed by atoms with Gasteiger partial charge in [0.05, 0.1) is 18.7 Å². The molecule has 0 radical (unpaired) electrons. The number of hydrogen-bond donors (Lipinski definition) is 2.